The normalized spacial score (nSPS) is 22.9. The van der Waals surface area contributed by atoms with Crippen LogP contribution in [0.25, 0.3) is 0 Å². The van der Waals surface area contributed by atoms with E-state index in [0.717, 1.165) is 10.9 Å². The molecule has 0 bridgehead atoms. The van der Waals surface area contributed by atoms with E-state index in [2.05, 4.69) is 22.6 Å². The van der Waals surface area contributed by atoms with Crippen molar-refractivity contribution in [1.29, 1.82) is 0 Å². The third kappa shape index (κ3) is 3.05. The molecule has 2 nitrogen and oxygen atoms in total. The van der Waals surface area contributed by atoms with Crippen LogP contribution in [-0.4, -0.2) is 18.1 Å². The predicted octanol–water partition coefficient (Wildman–Crippen LogP) is 3.78. The van der Waals surface area contributed by atoms with Crippen LogP contribution in [0.4, 0.5) is 0 Å². The highest BCUT2D eigenvalue weighted by atomic mass is 35.5. The van der Waals surface area contributed by atoms with Crippen molar-refractivity contribution >= 4 is 11.6 Å². The van der Waals surface area contributed by atoms with Gasteiger partial charge in [-0.1, -0.05) is 30.2 Å². The average molecular weight is 265 g/mol. The van der Waals surface area contributed by atoms with Crippen molar-refractivity contribution in [1.82, 2.24) is 10.4 Å². The Hall–Kier alpha value is -0.570. The molecule has 0 radical (unpaired) electrons. The van der Waals surface area contributed by atoms with Crippen LogP contribution >= 0.6 is 11.6 Å². The molecular weight excluding hydrogens is 244 g/mol. The SMILES string of the molecule is Clc1ccc(C(NN2CCCCC2)C2CC2)cc1. The highest BCUT2D eigenvalue weighted by Crippen LogP contribution is 2.41. The maximum atomic E-state index is 5.97. The molecule has 0 aromatic heterocycles. The Balaban J connectivity index is 1.69. The van der Waals surface area contributed by atoms with Gasteiger partial charge in [-0.2, -0.15) is 0 Å². The van der Waals surface area contributed by atoms with E-state index in [0.29, 0.717) is 6.04 Å². The Kier molecular flexibility index (Phi) is 3.88. The van der Waals surface area contributed by atoms with Gasteiger partial charge in [-0.3, -0.25) is 0 Å². The summed E-state index contributed by atoms with van der Waals surface area (Å²) in [5.41, 5.74) is 5.13. The minimum Gasteiger partial charge on any atom is -0.247 e. The Morgan fingerprint density at radius 3 is 2.33 bits per heavy atom. The Morgan fingerprint density at radius 1 is 1.06 bits per heavy atom. The van der Waals surface area contributed by atoms with Crippen molar-refractivity contribution in [2.24, 2.45) is 5.92 Å². The van der Waals surface area contributed by atoms with Crippen molar-refractivity contribution in [3.8, 4) is 0 Å². The minimum absolute atomic E-state index is 0.486. The number of nitrogens with zero attached hydrogens (tertiary/aromatic N) is 1. The number of hydrogen-bond acceptors (Lipinski definition) is 2. The van der Waals surface area contributed by atoms with Gasteiger partial charge < -0.3 is 0 Å². The molecule has 1 unspecified atom stereocenters. The lowest BCUT2D eigenvalue weighted by atomic mass is 10.0. The third-order valence-corrected chi connectivity index (χ3v) is 4.25. The number of nitrogens with one attached hydrogen (secondary N) is 1. The van der Waals surface area contributed by atoms with E-state index in [4.69, 9.17) is 11.6 Å². The molecular formula is C15H21ClN2. The van der Waals surface area contributed by atoms with Crippen molar-refractivity contribution in [3.63, 3.8) is 0 Å². The van der Waals surface area contributed by atoms with E-state index in [-0.39, 0.29) is 0 Å². The fraction of sp³-hybridized carbons (Fsp3) is 0.600. The second kappa shape index (κ2) is 5.60. The van der Waals surface area contributed by atoms with Crippen LogP contribution < -0.4 is 5.43 Å². The van der Waals surface area contributed by atoms with Crippen molar-refractivity contribution in [3.05, 3.63) is 34.9 Å². The fourth-order valence-electron chi connectivity index (χ4n) is 2.77. The molecule has 3 rings (SSSR count). The Labute approximate surface area is 114 Å². The van der Waals surface area contributed by atoms with E-state index in [1.165, 1.54) is 50.8 Å². The number of benzene rings is 1. The first-order chi connectivity index (χ1) is 8.83. The summed E-state index contributed by atoms with van der Waals surface area (Å²) < 4.78 is 0. The monoisotopic (exact) mass is 264 g/mol. The minimum atomic E-state index is 0.486. The maximum absolute atomic E-state index is 5.97. The molecule has 1 heterocycles. The summed E-state index contributed by atoms with van der Waals surface area (Å²) in [6, 6.07) is 8.83. The molecule has 1 aliphatic heterocycles. The molecule has 1 aliphatic carbocycles. The van der Waals surface area contributed by atoms with E-state index in [1.807, 2.05) is 12.1 Å². The zero-order valence-corrected chi connectivity index (χ0v) is 11.5. The Bertz CT molecular complexity index is 380. The van der Waals surface area contributed by atoms with Gasteiger partial charge in [-0.05, 0) is 49.3 Å². The maximum Gasteiger partial charge on any atom is 0.0492 e. The smallest absolute Gasteiger partial charge is 0.0492 e. The first-order valence-electron chi connectivity index (χ1n) is 7.09. The van der Waals surface area contributed by atoms with Crippen molar-refractivity contribution < 1.29 is 0 Å². The number of rotatable bonds is 4. The van der Waals surface area contributed by atoms with E-state index >= 15 is 0 Å². The Morgan fingerprint density at radius 2 is 1.72 bits per heavy atom. The van der Waals surface area contributed by atoms with Crippen molar-refractivity contribution in [2.75, 3.05) is 13.1 Å². The standard InChI is InChI=1S/C15H21ClN2/c16-14-8-6-13(7-9-14)15(12-4-5-12)17-18-10-2-1-3-11-18/h6-9,12,15,17H,1-5,10-11H2. The molecule has 18 heavy (non-hydrogen) atoms. The zero-order chi connectivity index (χ0) is 12.4. The van der Waals surface area contributed by atoms with Crippen LogP contribution in [0.2, 0.25) is 5.02 Å². The summed E-state index contributed by atoms with van der Waals surface area (Å²) in [7, 11) is 0. The number of hydrazine groups is 1. The van der Waals surface area contributed by atoms with Gasteiger partial charge in [0, 0.05) is 24.2 Å². The van der Waals surface area contributed by atoms with E-state index in [9.17, 15) is 0 Å². The van der Waals surface area contributed by atoms with Crippen LogP contribution in [-0.2, 0) is 0 Å². The van der Waals surface area contributed by atoms with Crippen LogP contribution in [0.15, 0.2) is 24.3 Å². The molecule has 1 aromatic rings. The van der Waals surface area contributed by atoms with Gasteiger partial charge >= 0.3 is 0 Å². The second-order valence-corrected chi connectivity index (χ2v) is 5.98. The summed E-state index contributed by atoms with van der Waals surface area (Å²) in [5, 5.41) is 3.24. The molecule has 1 aromatic carbocycles. The third-order valence-electron chi connectivity index (χ3n) is 4.00. The fourth-order valence-corrected chi connectivity index (χ4v) is 2.90. The molecule has 1 atom stereocenters. The van der Waals surface area contributed by atoms with E-state index in [1.54, 1.807) is 0 Å². The number of halogens is 1. The molecule has 98 valence electrons. The molecule has 2 fully saturated rings. The van der Waals surface area contributed by atoms with Gasteiger partial charge in [0.05, 0.1) is 0 Å². The molecule has 3 heteroatoms. The predicted molar refractivity (Wildman–Crippen MR) is 75.5 cm³/mol. The quantitative estimate of drug-likeness (QED) is 0.890. The van der Waals surface area contributed by atoms with Crippen LogP contribution in [0.1, 0.15) is 43.7 Å². The number of piperidine rings is 1. The molecule has 2 aliphatic rings. The molecule has 1 saturated heterocycles. The number of hydrogen-bond donors (Lipinski definition) is 1. The highest BCUT2D eigenvalue weighted by molar-refractivity contribution is 6.30. The van der Waals surface area contributed by atoms with Gasteiger partial charge in [-0.25, -0.2) is 10.4 Å². The molecule has 0 spiro atoms. The van der Waals surface area contributed by atoms with Crippen LogP contribution in [0.3, 0.4) is 0 Å². The van der Waals surface area contributed by atoms with Gasteiger partial charge in [0.1, 0.15) is 0 Å². The molecule has 0 amide bonds. The largest absolute Gasteiger partial charge is 0.247 e. The summed E-state index contributed by atoms with van der Waals surface area (Å²) >= 11 is 5.97. The van der Waals surface area contributed by atoms with Gasteiger partial charge in [0.2, 0.25) is 0 Å². The summed E-state index contributed by atoms with van der Waals surface area (Å²) in [6.07, 6.45) is 6.74. The average Bonchev–Trinajstić information content (AvgIpc) is 3.23. The second-order valence-electron chi connectivity index (χ2n) is 5.54. The topological polar surface area (TPSA) is 15.3 Å². The van der Waals surface area contributed by atoms with Gasteiger partial charge in [0.25, 0.3) is 0 Å². The summed E-state index contributed by atoms with van der Waals surface area (Å²) in [4.78, 5) is 0. The molecule has 1 saturated carbocycles. The van der Waals surface area contributed by atoms with Crippen LogP contribution in [0.5, 0.6) is 0 Å². The summed E-state index contributed by atoms with van der Waals surface area (Å²) in [6.45, 7) is 2.38. The highest BCUT2D eigenvalue weighted by Gasteiger charge is 2.33. The lowest BCUT2D eigenvalue weighted by molar-refractivity contribution is 0.121. The van der Waals surface area contributed by atoms with Gasteiger partial charge in [0.15, 0.2) is 0 Å². The lowest BCUT2D eigenvalue weighted by Gasteiger charge is -2.32. The van der Waals surface area contributed by atoms with Crippen LogP contribution in [0, 0.1) is 5.92 Å². The molecule has 1 N–H and O–H groups in total. The first kappa shape index (κ1) is 12.5. The van der Waals surface area contributed by atoms with Gasteiger partial charge in [-0.15, -0.1) is 0 Å². The lowest BCUT2D eigenvalue weighted by Crippen LogP contribution is -2.44. The first-order valence-corrected chi connectivity index (χ1v) is 7.47. The van der Waals surface area contributed by atoms with E-state index < -0.39 is 0 Å². The van der Waals surface area contributed by atoms with Crippen molar-refractivity contribution in [2.45, 2.75) is 38.1 Å². The summed E-state index contributed by atoms with van der Waals surface area (Å²) in [5.74, 6) is 0.813. The zero-order valence-electron chi connectivity index (χ0n) is 10.7.